The fourth-order valence-corrected chi connectivity index (χ4v) is 4.56. The van der Waals surface area contributed by atoms with Crippen LogP contribution >= 0.6 is 0 Å². The molecule has 0 aliphatic carbocycles. The number of hydrogen-bond donors (Lipinski definition) is 2. The molecule has 0 saturated heterocycles. The number of carbonyl (C=O) groups excluding carboxylic acids is 2. The first-order chi connectivity index (χ1) is 17.3. The Morgan fingerprint density at radius 2 is 1.61 bits per heavy atom. The van der Waals surface area contributed by atoms with Gasteiger partial charge in [0.2, 0.25) is 10.0 Å². The van der Waals surface area contributed by atoms with Crippen LogP contribution in [-0.2, 0) is 21.3 Å². The molecule has 0 aliphatic heterocycles. The number of nitrogens with one attached hydrogen (secondary N) is 1. The number of carbonyl (C=O) groups is 2. The van der Waals surface area contributed by atoms with Crippen LogP contribution in [0.15, 0.2) is 89.8 Å². The molecule has 0 aliphatic rings. The van der Waals surface area contributed by atoms with Crippen LogP contribution in [0.1, 0.15) is 26.3 Å². The number of aromatic hydroxyl groups is 1. The molecular weight excluding hydrogens is 482 g/mol. The Bertz CT molecular complexity index is 1530. The van der Waals surface area contributed by atoms with Gasteiger partial charge in [0.05, 0.1) is 12.0 Å². The van der Waals surface area contributed by atoms with Crippen LogP contribution in [0.25, 0.3) is 10.8 Å². The number of rotatable bonds is 9. The highest BCUT2D eigenvalue weighted by Gasteiger charge is 2.21. The molecule has 0 atom stereocenters. The lowest BCUT2D eigenvalue weighted by Crippen LogP contribution is -2.23. The molecule has 0 radical (unpaired) electrons. The average molecular weight is 506 g/mol. The van der Waals surface area contributed by atoms with Crippen molar-refractivity contribution in [2.45, 2.75) is 11.4 Å². The van der Waals surface area contributed by atoms with Crippen molar-refractivity contribution in [3.05, 3.63) is 102 Å². The average Bonchev–Trinajstić information content (AvgIpc) is 2.90. The monoisotopic (exact) mass is 505 g/mol. The highest BCUT2D eigenvalue weighted by molar-refractivity contribution is 7.89. The zero-order valence-corrected chi connectivity index (χ0v) is 20.1. The molecule has 36 heavy (non-hydrogen) atoms. The molecule has 184 valence electrons. The van der Waals surface area contributed by atoms with E-state index >= 15 is 0 Å². The van der Waals surface area contributed by atoms with E-state index in [2.05, 4.69) is 4.72 Å². The van der Waals surface area contributed by atoms with Crippen molar-refractivity contribution in [2.24, 2.45) is 0 Å². The van der Waals surface area contributed by atoms with Gasteiger partial charge >= 0.3 is 5.97 Å². The van der Waals surface area contributed by atoms with Crippen LogP contribution in [0, 0.1) is 0 Å². The Balaban J connectivity index is 1.44. The van der Waals surface area contributed by atoms with Gasteiger partial charge in [0.1, 0.15) is 17.1 Å². The van der Waals surface area contributed by atoms with Gasteiger partial charge in [-0.2, -0.15) is 0 Å². The maximum absolute atomic E-state index is 12.7. The molecule has 0 heterocycles. The number of methoxy groups -OCH3 is 1. The summed E-state index contributed by atoms with van der Waals surface area (Å²) in [5.41, 5.74) is 0.730. The van der Waals surface area contributed by atoms with Crippen LogP contribution < -0.4 is 9.46 Å². The lowest BCUT2D eigenvalue weighted by atomic mass is 10.0. The first kappa shape index (κ1) is 24.9. The lowest BCUT2D eigenvalue weighted by Gasteiger charge is -2.10. The van der Waals surface area contributed by atoms with Gasteiger partial charge in [-0.1, -0.05) is 48.5 Å². The third-order valence-electron chi connectivity index (χ3n) is 5.51. The second-order valence-corrected chi connectivity index (χ2v) is 9.68. The van der Waals surface area contributed by atoms with Gasteiger partial charge in [-0.25, -0.2) is 17.9 Å². The molecule has 0 fully saturated rings. The number of fused-ring (bicyclic) bond motifs is 1. The normalized spacial score (nSPS) is 11.2. The molecular formula is C27H23NO7S. The topological polar surface area (TPSA) is 119 Å². The SMILES string of the molecule is COc1ccc2cc(C(=O)COC(=O)c3cc(S(=O)(=O)NCc4ccccc4)ccc3O)ccc2c1. The molecule has 2 N–H and O–H groups in total. The van der Waals surface area contributed by atoms with Crippen LogP contribution in [0.4, 0.5) is 0 Å². The van der Waals surface area contributed by atoms with Gasteiger partial charge < -0.3 is 14.6 Å². The number of hydrogen-bond acceptors (Lipinski definition) is 7. The fourth-order valence-electron chi connectivity index (χ4n) is 3.52. The molecule has 0 bridgehead atoms. The van der Waals surface area contributed by atoms with Crippen LogP contribution in [0.3, 0.4) is 0 Å². The number of Topliss-reactive ketones (excluding diaryl/α,β-unsaturated/α-hetero) is 1. The smallest absolute Gasteiger partial charge is 0.342 e. The maximum atomic E-state index is 12.7. The molecule has 0 spiro atoms. The molecule has 0 aromatic heterocycles. The molecule has 8 nitrogen and oxygen atoms in total. The molecule has 9 heteroatoms. The van der Waals surface area contributed by atoms with Gasteiger partial charge in [0.15, 0.2) is 12.4 Å². The van der Waals surface area contributed by atoms with E-state index in [0.717, 1.165) is 28.5 Å². The minimum Gasteiger partial charge on any atom is -0.507 e. The minimum atomic E-state index is -3.98. The van der Waals surface area contributed by atoms with Crippen molar-refractivity contribution < 1.29 is 32.6 Å². The summed E-state index contributed by atoms with van der Waals surface area (Å²) in [6.45, 7) is -0.528. The predicted octanol–water partition coefficient (Wildman–Crippen LogP) is 4.07. The van der Waals surface area contributed by atoms with E-state index in [1.165, 1.54) is 6.07 Å². The first-order valence-corrected chi connectivity index (χ1v) is 12.4. The van der Waals surface area contributed by atoms with Crippen LogP contribution in [0.5, 0.6) is 11.5 Å². The van der Waals surface area contributed by atoms with Gasteiger partial charge in [-0.15, -0.1) is 0 Å². The Morgan fingerprint density at radius 3 is 2.36 bits per heavy atom. The van der Waals surface area contributed by atoms with Gasteiger partial charge in [0.25, 0.3) is 0 Å². The number of sulfonamides is 1. The molecule has 0 amide bonds. The minimum absolute atomic E-state index is 0.0525. The summed E-state index contributed by atoms with van der Waals surface area (Å²) in [6, 6.07) is 22.7. The molecule has 0 unspecified atom stereocenters. The molecule has 4 rings (SSSR count). The van der Waals surface area contributed by atoms with E-state index in [4.69, 9.17) is 9.47 Å². The van der Waals surface area contributed by atoms with Gasteiger partial charge in [-0.05, 0) is 52.7 Å². The van der Waals surface area contributed by atoms with Crippen molar-refractivity contribution in [3.63, 3.8) is 0 Å². The van der Waals surface area contributed by atoms with Crippen molar-refractivity contribution >= 4 is 32.5 Å². The zero-order chi connectivity index (χ0) is 25.7. The van der Waals surface area contributed by atoms with E-state index < -0.39 is 34.1 Å². The Labute approximate surface area is 208 Å². The summed E-state index contributed by atoms with van der Waals surface area (Å²) in [6.07, 6.45) is 0. The van der Waals surface area contributed by atoms with Crippen molar-refractivity contribution in [3.8, 4) is 11.5 Å². The fraction of sp³-hybridized carbons (Fsp3) is 0.111. The third-order valence-corrected chi connectivity index (χ3v) is 6.91. The summed E-state index contributed by atoms with van der Waals surface area (Å²) in [7, 11) is -2.41. The highest BCUT2D eigenvalue weighted by Crippen LogP contribution is 2.24. The number of esters is 1. The first-order valence-electron chi connectivity index (χ1n) is 10.9. The number of benzene rings is 4. The summed E-state index contributed by atoms with van der Waals surface area (Å²) < 4.78 is 38.1. The Hall–Kier alpha value is -4.21. The summed E-state index contributed by atoms with van der Waals surface area (Å²) in [4.78, 5) is 25.0. The second-order valence-electron chi connectivity index (χ2n) is 7.92. The van der Waals surface area contributed by atoms with Crippen molar-refractivity contribution in [1.82, 2.24) is 4.72 Å². The second kappa shape index (κ2) is 10.6. The van der Waals surface area contributed by atoms with Crippen molar-refractivity contribution in [1.29, 1.82) is 0 Å². The van der Waals surface area contributed by atoms with E-state index in [9.17, 15) is 23.1 Å². The summed E-state index contributed by atoms with van der Waals surface area (Å²) in [5.74, 6) is -1.25. The van der Waals surface area contributed by atoms with E-state index in [1.807, 2.05) is 18.2 Å². The largest absolute Gasteiger partial charge is 0.507 e. The summed E-state index contributed by atoms with van der Waals surface area (Å²) in [5, 5.41) is 11.8. The summed E-state index contributed by atoms with van der Waals surface area (Å²) >= 11 is 0. The Kier molecular flexibility index (Phi) is 7.33. The Morgan fingerprint density at radius 1 is 0.889 bits per heavy atom. The third kappa shape index (κ3) is 5.70. The van der Waals surface area contributed by atoms with E-state index in [0.29, 0.717) is 11.3 Å². The maximum Gasteiger partial charge on any atom is 0.342 e. The predicted molar refractivity (Wildman–Crippen MR) is 134 cm³/mol. The number of ketones is 1. The quantitative estimate of drug-likeness (QED) is 0.260. The number of phenolic OH excluding ortho intramolecular Hbond substituents is 1. The van der Waals surface area contributed by atoms with Gasteiger partial charge in [-0.3, -0.25) is 4.79 Å². The zero-order valence-electron chi connectivity index (χ0n) is 19.3. The standard InChI is InChI=1S/C27H23NO7S/c1-34-22-10-9-19-13-21(8-7-20(19)14-22)26(30)17-35-27(31)24-15-23(11-12-25(24)29)36(32,33)28-16-18-5-3-2-4-6-18/h2-15,28-29H,16-17H2,1H3. The molecule has 4 aromatic rings. The van der Waals surface area contributed by atoms with Crippen LogP contribution in [-0.4, -0.2) is 39.0 Å². The van der Waals surface area contributed by atoms with E-state index in [1.54, 1.807) is 55.6 Å². The number of ether oxygens (including phenoxy) is 2. The van der Waals surface area contributed by atoms with E-state index in [-0.39, 0.29) is 17.0 Å². The van der Waals surface area contributed by atoms with Gasteiger partial charge in [0, 0.05) is 12.1 Å². The highest BCUT2D eigenvalue weighted by atomic mass is 32.2. The van der Waals surface area contributed by atoms with Crippen molar-refractivity contribution in [2.75, 3.05) is 13.7 Å². The van der Waals surface area contributed by atoms with Crippen LogP contribution in [0.2, 0.25) is 0 Å². The lowest BCUT2D eigenvalue weighted by molar-refractivity contribution is 0.0471. The molecule has 0 saturated carbocycles. The number of phenols is 1. The molecule has 4 aromatic carbocycles.